The van der Waals surface area contributed by atoms with Gasteiger partial charge in [-0.1, -0.05) is 343 Å². The molecule has 17 nitrogen and oxygen atoms in total. The number of hydrogen-bond donors (Lipinski definition) is 3. The Bertz CT molecular complexity index is 1840. The highest BCUT2D eigenvalue weighted by Gasteiger charge is 2.30. The number of phosphoric acid groups is 2. The fraction of sp³-hybridized carbons (Fsp3) is 0.947. The molecule has 0 fully saturated rings. The molecular formula is C76H148O17P2. The normalized spacial score (nSPS) is 14.3. The summed E-state index contributed by atoms with van der Waals surface area (Å²) in [7, 11) is -9.91. The number of aliphatic hydroxyl groups excluding tert-OH is 1. The van der Waals surface area contributed by atoms with E-state index in [1.165, 1.54) is 205 Å². The molecule has 3 unspecified atom stereocenters. The van der Waals surface area contributed by atoms with E-state index in [9.17, 15) is 43.2 Å². The predicted molar refractivity (Wildman–Crippen MR) is 386 cm³/mol. The van der Waals surface area contributed by atoms with Gasteiger partial charge in [-0.2, -0.15) is 0 Å². The number of hydrogen-bond acceptors (Lipinski definition) is 15. The maximum absolute atomic E-state index is 13.1. The van der Waals surface area contributed by atoms with E-state index >= 15 is 0 Å². The number of aliphatic hydroxyl groups is 1. The molecule has 19 heteroatoms. The monoisotopic (exact) mass is 1400 g/mol. The molecule has 6 atom stereocenters. The first kappa shape index (κ1) is 93.1. The van der Waals surface area contributed by atoms with Gasteiger partial charge in [-0.3, -0.25) is 37.3 Å². The van der Waals surface area contributed by atoms with E-state index in [1.54, 1.807) is 0 Å². The Morgan fingerprint density at radius 3 is 0.800 bits per heavy atom. The maximum atomic E-state index is 13.1. The number of phosphoric ester groups is 2. The Hall–Kier alpha value is -1.94. The number of esters is 4. The minimum Gasteiger partial charge on any atom is -0.462 e. The highest BCUT2D eigenvalue weighted by molar-refractivity contribution is 7.47. The zero-order valence-corrected chi connectivity index (χ0v) is 63.8. The van der Waals surface area contributed by atoms with Crippen LogP contribution in [0.25, 0.3) is 0 Å². The quantitative estimate of drug-likeness (QED) is 0.0222. The van der Waals surface area contributed by atoms with Crippen LogP contribution < -0.4 is 0 Å². The third-order valence-electron chi connectivity index (χ3n) is 18.1. The van der Waals surface area contributed by atoms with Gasteiger partial charge in [0.1, 0.15) is 19.3 Å². The average Bonchev–Trinajstić information content (AvgIpc) is 1.78. The molecule has 0 bridgehead atoms. The summed E-state index contributed by atoms with van der Waals surface area (Å²) in [6, 6.07) is 0. The Kier molecular flexibility index (Phi) is 66.5. The SMILES string of the molecule is CCCCCCCCCCCCCCCCCCCC(=O)OC[C@H](COP(=O)(O)OC[C@@H](O)COP(=O)(O)OC[C@@H](COC(=O)CCCCCCCCCC)OC(=O)CCCCCCCCCCC(C)CC)OC(=O)CCCCCCCCCCCCCCCCCC(C)C. The van der Waals surface area contributed by atoms with Crippen molar-refractivity contribution in [3.63, 3.8) is 0 Å². The molecule has 0 rings (SSSR count). The molecule has 0 aromatic heterocycles. The topological polar surface area (TPSA) is 237 Å². The fourth-order valence-electron chi connectivity index (χ4n) is 11.6. The van der Waals surface area contributed by atoms with Crippen molar-refractivity contribution in [1.82, 2.24) is 0 Å². The van der Waals surface area contributed by atoms with E-state index in [2.05, 4.69) is 41.5 Å². The van der Waals surface area contributed by atoms with Gasteiger partial charge in [-0.15, -0.1) is 0 Å². The Balaban J connectivity index is 5.21. The third-order valence-corrected chi connectivity index (χ3v) is 20.0. The van der Waals surface area contributed by atoms with Crippen molar-refractivity contribution < 1.29 is 80.2 Å². The second kappa shape index (κ2) is 67.9. The highest BCUT2D eigenvalue weighted by atomic mass is 31.2. The van der Waals surface area contributed by atoms with Gasteiger partial charge in [0, 0.05) is 25.7 Å². The van der Waals surface area contributed by atoms with Gasteiger partial charge in [-0.05, 0) is 37.5 Å². The van der Waals surface area contributed by atoms with Gasteiger partial charge in [0.2, 0.25) is 0 Å². The van der Waals surface area contributed by atoms with Crippen LogP contribution in [0, 0.1) is 11.8 Å². The second-order valence-corrected chi connectivity index (χ2v) is 31.0. The molecule has 0 saturated heterocycles. The van der Waals surface area contributed by atoms with Crippen molar-refractivity contribution in [2.45, 2.75) is 413 Å². The summed E-state index contributed by atoms with van der Waals surface area (Å²) < 4.78 is 68.5. The standard InChI is InChI=1S/C76H148O17P2/c1-7-10-12-14-16-18-19-20-21-22-25-28-31-34-41-47-53-59-74(79)87-65-72(92-75(80)60-54-48-42-35-32-29-26-23-24-27-30-33-38-44-50-56-68(4)5)67-91-95(84,85)89-63-70(77)62-88-94(82,83)90-66-71(64-86-73(78)58-52-46-40-17-15-13-11-8-2)93-76(81)61-55-49-43-37-36-39-45-51-57-69(6)9-3/h68-72,77H,7-67H2,1-6H3,(H,82,83)(H,84,85)/t69?,70-,71+,72+/m0/s1. The molecule has 0 aromatic carbocycles. The van der Waals surface area contributed by atoms with Gasteiger partial charge < -0.3 is 33.8 Å². The molecule has 95 heavy (non-hydrogen) atoms. The molecule has 0 aromatic rings. The molecule has 0 aliphatic carbocycles. The summed E-state index contributed by atoms with van der Waals surface area (Å²) in [6.45, 7) is 9.59. The van der Waals surface area contributed by atoms with Crippen LogP contribution in [0.15, 0.2) is 0 Å². The third kappa shape index (κ3) is 69.0. The number of carbonyl (C=O) groups is 4. The summed E-state index contributed by atoms with van der Waals surface area (Å²) in [6.07, 6.45) is 55.5. The van der Waals surface area contributed by atoms with Crippen molar-refractivity contribution in [3.8, 4) is 0 Å². The lowest BCUT2D eigenvalue weighted by Gasteiger charge is -2.21. The van der Waals surface area contributed by atoms with E-state index in [0.717, 1.165) is 108 Å². The van der Waals surface area contributed by atoms with Crippen molar-refractivity contribution in [2.75, 3.05) is 39.6 Å². The molecule has 0 spiro atoms. The van der Waals surface area contributed by atoms with Crippen LogP contribution in [-0.2, 0) is 65.4 Å². The van der Waals surface area contributed by atoms with Crippen LogP contribution in [0.1, 0.15) is 395 Å². The fourth-order valence-corrected chi connectivity index (χ4v) is 13.2. The molecule has 0 amide bonds. The summed E-state index contributed by atoms with van der Waals surface area (Å²) in [5.74, 6) is -0.546. The molecule has 0 aliphatic rings. The van der Waals surface area contributed by atoms with Gasteiger partial charge >= 0.3 is 39.5 Å². The van der Waals surface area contributed by atoms with Gasteiger partial charge in [0.25, 0.3) is 0 Å². The Labute approximate surface area is 581 Å². The number of unbranched alkanes of at least 4 members (excludes halogenated alkanes) is 44. The highest BCUT2D eigenvalue weighted by Crippen LogP contribution is 2.45. The van der Waals surface area contributed by atoms with Crippen LogP contribution in [0.4, 0.5) is 0 Å². The van der Waals surface area contributed by atoms with Gasteiger partial charge in [0.15, 0.2) is 12.2 Å². The van der Waals surface area contributed by atoms with Crippen molar-refractivity contribution in [3.05, 3.63) is 0 Å². The Morgan fingerprint density at radius 2 is 0.537 bits per heavy atom. The minimum absolute atomic E-state index is 0.105. The molecule has 0 saturated carbocycles. The van der Waals surface area contributed by atoms with E-state index in [0.29, 0.717) is 25.7 Å². The van der Waals surface area contributed by atoms with Gasteiger partial charge in [0.05, 0.1) is 26.4 Å². The number of rotatable bonds is 75. The summed E-state index contributed by atoms with van der Waals surface area (Å²) in [4.78, 5) is 72.7. The van der Waals surface area contributed by atoms with E-state index in [-0.39, 0.29) is 25.7 Å². The van der Waals surface area contributed by atoms with Crippen LogP contribution in [0.3, 0.4) is 0 Å². The second-order valence-electron chi connectivity index (χ2n) is 28.1. The first-order valence-electron chi connectivity index (χ1n) is 39.5. The number of ether oxygens (including phenoxy) is 4. The van der Waals surface area contributed by atoms with Crippen LogP contribution >= 0.6 is 15.6 Å². The molecule has 3 N–H and O–H groups in total. The lowest BCUT2D eigenvalue weighted by molar-refractivity contribution is -0.161. The van der Waals surface area contributed by atoms with E-state index in [4.69, 9.17) is 37.0 Å². The van der Waals surface area contributed by atoms with E-state index < -0.39 is 97.5 Å². The first-order chi connectivity index (χ1) is 45.9. The smallest absolute Gasteiger partial charge is 0.462 e. The zero-order valence-electron chi connectivity index (χ0n) is 62.0. The molecule has 0 radical (unpaired) electrons. The number of carbonyl (C=O) groups excluding carboxylic acids is 4. The van der Waals surface area contributed by atoms with Crippen molar-refractivity contribution in [1.29, 1.82) is 0 Å². The molecular weight excluding hydrogens is 1250 g/mol. The lowest BCUT2D eigenvalue weighted by atomic mass is 9.99. The van der Waals surface area contributed by atoms with E-state index in [1.807, 2.05) is 0 Å². The molecule has 0 heterocycles. The average molecular weight is 1400 g/mol. The Morgan fingerprint density at radius 1 is 0.305 bits per heavy atom. The molecule has 564 valence electrons. The van der Waals surface area contributed by atoms with Gasteiger partial charge in [-0.25, -0.2) is 9.13 Å². The lowest BCUT2D eigenvalue weighted by Crippen LogP contribution is -2.30. The van der Waals surface area contributed by atoms with Crippen LogP contribution in [0.5, 0.6) is 0 Å². The van der Waals surface area contributed by atoms with Crippen LogP contribution in [0.2, 0.25) is 0 Å². The predicted octanol–water partition coefficient (Wildman–Crippen LogP) is 22.3. The molecule has 0 aliphatic heterocycles. The van der Waals surface area contributed by atoms with Crippen LogP contribution in [-0.4, -0.2) is 96.7 Å². The summed E-state index contributed by atoms with van der Waals surface area (Å²) in [5, 5.41) is 10.6. The van der Waals surface area contributed by atoms with Crippen molar-refractivity contribution in [2.24, 2.45) is 11.8 Å². The summed E-state index contributed by atoms with van der Waals surface area (Å²) in [5.41, 5.74) is 0. The summed E-state index contributed by atoms with van der Waals surface area (Å²) >= 11 is 0. The zero-order chi connectivity index (χ0) is 70.0. The first-order valence-corrected chi connectivity index (χ1v) is 42.5. The largest absolute Gasteiger partial charge is 0.472 e. The van der Waals surface area contributed by atoms with Crippen molar-refractivity contribution >= 4 is 39.5 Å². The minimum atomic E-state index is -4.96. The maximum Gasteiger partial charge on any atom is 0.472 e.